The first-order valence-corrected chi connectivity index (χ1v) is 9.96. The number of pyridine rings is 1. The van der Waals surface area contributed by atoms with E-state index in [4.69, 9.17) is 10.1 Å². The average molecular weight is 458 g/mol. The van der Waals surface area contributed by atoms with Gasteiger partial charge in [0.2, 0.25) is 0 Å². The number of rotatable bonds is 8. The second-order valence-corrected chi connectivity index (χ2v) is 7.65. The smallest absolute Gasteiger partial charge is 0.437 e. The van der Waals surface area contributed by atoms with Crippen molar-refractivity contribution in [2.45, 2.75) is 25.9 Å². The van der Waals surface area contributed by atoms with Gasteiger partial charge in [-0.05, 0) is 24.5 Å². The van der Waals surface area contributed by atoms with Crippen LogP contribution in [0, 0.1) is 17.2 Å². The van der Waals surface area contributed by atoms with E-state index in [1.165, 1.54) is 18.3 Å². The van der Waals surface area contributed by atoms with Gasteiger partial charge in [-0.25, -0.2) is 23.7 Å². The van der Waals surface area contributed by atoms with Gasteiger partial charge in [-0.1, -0.05) is 6.92 Å². The van der Waals surface area contributed by atoms with Gasteiger partial charge in [0.1, 0.15) is 17.3 Å². The first kappa shape index (κ1) is 23.6. The molecule has 1 saturated heterocycles. The van der Waals surface area contributed by atoms with Crippen LogP contribution in [0.2, 0.25) is 0 Å². The van der Waals surface area contributed by atoms with Crippen molar-refractivity contribution >= 4 is 17.9 Å². The second-order valence-electron chi connectivity index (χ2n) is 7.65. The number of hydrogen-bond acceptors (Lipinski definition) is 7. The fourth-order valence-electron chi connectivity index (χ4n) is 3.67. The maximum Gasteiger partial charge on any atom is 0.437 e. The van der Waals surface area contributed by atoms with E-state index in [0.717, 1.165) is 18.8 Å². The highest BCUT2D eigenvalue weighted by Crippen LogP contribution is 2.35. The first-order valence-electron chi connectivity index (χ1n) is 9.96. The van der Waals surface area contributed by atoms with E-state index in [1.807, 2.05) is 11.8 Å². The van der Waals surface area contributed by atoms with Crippen LogP contribution in [0.4, 0.5) is 33.6 Å². The van der Waals surface area contributed by atoms with Crippen molar-refractivity contribution in [2.24, 2.45) is 11.8 Å². The van der Waals surface area contributed by atoms with Crippen LogP contribution >= 0.6 is 0 Å². The molecule has 0 unspecified atom stereocenters. The Labute approximate surface area is 181 Å². The number of halogens is 5. The molecule has 0 bridgehead atoms. The predicted molar refractivity (Wildman–Crippen MR) is 109 cm³/mol. The van der Waals surface area contributed by atoms with Crippen LogP contribution in [0.25, 0.3) is 0 Å². The van der Waals surface area contributed by atoms with Gasteiger partial charge in [-0.2, -0.15) is 13.2 Å². The SMILES string of the molecule is C[C@@H]1C[C@@H](COc2cccnc2C(F)(F)F)CN(c2cnc(C=N)c(NCC(F)F)n2)C1. The number of nitrogens with one attached hydrogen (secondary N) is 2. The van der Waals surface area contributed by atoms with Crippen molar-refractivity contribution in [2.75, 3.05) is 36.5 Å². The van der Waals surface area contributed by atoms with Gasteiger partial charge < -0.3 is 20.4 Å². The summed E-state index contributed by atoms with van der Waals surface area (Å²) in [4.78, 5) is 13.7. The van der Waals surface area contributed by atoms with E-state index >= 15 is 0 Å². The summed E-state index contributed by atoms with van der Waals surface area (Å²) in [6, 6.07) is 2.62. The summed E-state index contributed by atoms with van der Waals surface area (Å²) in [6.45, 7) is 2.49. The highest BCUT2D eigenvalue weighted by atomic mass is 19.4. The summed E-state index contributed by atoms with van der Waals surface area (Å²) < 4.78 is 70.0. The Hall–Kier alpha value is -3.05. The topological polar surface area (TPSA) is 87.0 Å². The highest BCUT2D eigenvalue weighted by molar-refractivity contribution is 5.81. The van der Waals surface area contributed by atoms with Gasteiger partial charge in [0.05, 0.1) is 19.3 Å². The zero-order chi connectivity index (χ0) is 23.3. The molecule has 3 rings (SSSR count). The fourth-order valence-corrected chi connectivity index (χ4v) is 3.67. The molecule has 2 aromatic rings. The molecule has 3 heterocycles. The van der Waals surface area contributed by atoms with E-state index in [2.05, 4.69) is 20.3 Å². The minimum absolute atomic E-state index is 0.0537. The lowest BCUT2D eigenvalue weighted by molar-refractivity contribution is -0.142. The van der Waals surface area contributed by atoms with Crippen LogP contribution in [0.1, 0.15) is 24.7 Å². The molecular formula is C20H23F5N6O. The molecule has 0 aromatic carbocycles. The molecule has 32 heavy (non-hydrogen) atoms. The summed E-state index contributed by atoms with van der Waals surface area (Å²) in [7, 11) is 0. The molecule has 12 heteroatoms. The van der Waals surface area contributed by atoms with Crippen molar-refractivity contribution < 1.29 is 26.7 Å². The minimum atomic E-state index is -4.61. The molecule has 0 aliphatic carbocycles. The Bertz CT molecular complexity index is 926. The fraction of sp³-hybridized carbons (Fsp3) is 0.500. The van der Waals surface area contributed by atoms with E-state index in [-0.39, 0.29) is 35.7 Å². The van der Waals surface area contributed by atoms with Gasteiger partial charge in [0.25, 0.3) is 6.43 Å². The van der Waals surface area contributed by atoms with Crippen molar-refractivity contribution in [1.29, 1.82) is 5.41 Å². The lowest BCUT2D eigenvalue weighted by Gasteiger charge is -2.37. The summed E-state index contributed by atoms with van der Waals surface area (Å²) >= 11 is 0. The molecular weight excluding hydrogens is 435 g/mol. The van der Waals surface area contributed by atoms with Crippen LogP contribution in [0.15, 0.2) is 24.5 Å². The first-order chi connectivity index (χ1) is 15.2. The van der Waals surface area contributed by atoms with Gasteiger partial charge in [-0.15, -0.1) is 0 Å². The number of hydrogen-bond donors (Lipinski definition) is 2. The van der Waals surface area contributed by atoms with Crippen LogP contribution in [-0.2, 0) is 6.18 Å². The third kappa shape index (κ3) is 6.01. The summed E-state index contributed by atoms with van der Waals surface area (Å²) in [5, 5.41) is 9.87. The monoisotopic (exact) mass is 458 g/mol. The third-order valence-corrected chi connectivity index (χ3v) is 4.93. The molecule has 1 aliphatic rings. The number of alkyl halides is 5. The maximum absolute atomic E-state index is 13.1. The average Bonchev–Trinajstić information content (AvgIpc) is 2.75. The zero-order valence-corrected chi connectivity index (χ0v) is 17.2. The summed E-state index contributed by atoms with van der Waals surface area (Å²) in [6.07, 6.45) is -3.03. The highest BCUT2D eigenvalue weighted by Gasteiger charge is 2.36. The van der Waals surface area contributed by atoms with E-state index in [1.54, 1.807) is 0 Å². The van der Waals surface area contributed by atoms with E-state index in [0.29, 0.717) is 18.9 Å². The molecule has 2 aromatic heterocycles. The molecule has 1 fully saturated rings. The molecule has 0 radical (unpaired) electrons. The van der Waals surface area contributed by atoms with Gasteiger partial charge >= 0.3 is 6.18 Å². The normalized spacial score (nSPS) is 19.2. The molecule has 2 N–H and O–H groups in total. The van der Waals surface area contributed by atoms with Crippen molar-refractivity contribution in [1.82, 2.24) is 15.0 Å². The molecule has 2 atom stereocenters. The Kier molecular flexibility index (Phi) is 7.41. The lowest BCUT2D eigenvalue weighted by Crippen LogP contribution is -2.42. The molecule has 1 aliphatic heterocycles. The van der Waals surface area contributed by atoms with Crippen molar-refractivity contribution in [3.05, 3.63) is 35.9 Å². The summed E-state index contributed by atoms with van der Waals surface area (Å²) in [5.74, 6) is 0.283. The number of aromatic nitrogens is 3. The Morgan fingerprint density at radius 3 is 2.78 bits per heavy atom. The zero-order valence-electron chi connectivity index (χ0n) is 17.2. The molecule has 0 amide bonds. The predicted octanol–water partition coefficient (Wildman–Crippen LogP) is 4.11. The molecule has 0 spiro atoms. The number of nitrogens with zero attached hydrogens (tertiary/aromatic N) is 4. The standard InChI is InChI=1S/C20H23F5N6O/c1-12-5-13(11-32-15-3-2-4-27-18(15)20(23,24)25)10-31(9-12)17-8-28-14(6-26)19(30-17)29-7-16(21)22/h2-4,6,8,12-13,16,26H,5,7,9-11H2,1H3,(H,29,30)/t12-,13-/m1/s1. The van der Waals surface area contributed by atoms with E-state index < -0.39 is 24.8 Å². The third-order valence-electron chi connectivity index (χ3n) is 4.93. The lowest BCUT2D eigenvalue weighted by atomic mass is 9.91. The van der Waals surface area contributed by atoms with Gasteiger partial charge in [0.15, 0.2) is 11.5 Å². The molecule has 174 valence electrons. The Morgan fingerprint density at radius 2 is 2.09 bits per heavy atom. The van der Waals surface area contributed by atoms with Crippen molar-refractivity contribution in [3.8, 4) is 5.75 Å². The molecule has 0 saturated carbocycles. The van der Waals surface area contributed by atoms with Crippen LogP contribution in [0.3, 0.4) is 0 Å². The second kappa shape index (κ2) is 10.0. The number of anilines is 2. The number of piperidine rings is 1. The van der Waals surface area contributed by atoms with Crippen LogP contribution < -0.4 is 15.0 Å². The maximum atomic E-state index is 13.1. The van der Waals surface area contributed by atoms with Crippen molar-refractivity contribution in [3.63, 3.8) is 0 Å². The van der Waals surface area contributed by atoms with Crippen LogP contribution in [-0.4, -0.2) is 53.8 Å². The minimum Gasteiger partial charge on any atom is -0.491 e. The largest absolute Gasteiger partial charge is 0.491 e. The molecule has 7 nitrogen and oxygen atoms in total. The van der Waals surface area contributed by atoms with Gasteiger partial charge in [-0.3, -0.25) is 0 Å². The quantitative estimate of drug-likeness (QED) is 0.458. The van der Waals surface area contributed by atoms with E-state index in [9.17, 15) is 22.0 Å². The summed E-state index contributed by atoms with van der Waals surface area (Å²) in [5.41, 5.74) is -0.931. The Balaban J connectivity index is 1.72. The van der Waals surface area contributed by atoms with Gasteiger partial charge in [0, 0.05) is 31.4 Å². The number of ether oxygens (including phenoxy) is 1. The Morgan fingerprint density at radius 1 is 1.31 bits per heavy atom. The van der Waals surface area contributed by atoms with Crippen LogP contribution in [0.5, 0.6) is 5.75 Å².